The first kappa shape index (κ1) is 13.6. The Labute approximate surface area is 109 Å². The maximum absolute atomic E-state index is 5.29. The molecule has 17 heavy (non-hydrogen) atoms. The Morgan fingerprint density at radius 3 is 2.18 bits per heavy atom. The second-order valence-corrected chi connectivity index (χ2v) is 3.90. The molecule has 0 amide bonds. The van der Waals surface area contributed by atoms with Crippen molar-refractivity contribution in [3.8, 4) is 0 Å². The van der Waals surface area contributed by atoms with Crippen LogP contribution < -0.4 is 11.1 Å². The van der Waals surface area contributed by atoms with Gasteiger partial charge in [0.15, 0.2) is 0 Å². The summed E-state index contributed by atoms with van der Waals surface area (Å²) >= 11 is 3.20. The van der Waals surface area contributed by atoms with E-state index >= 15 is 0 Å². The fraction of sp³-hybridized carbons (Fsp3) is 0.167. The summed E-state index contributed by atoms with van der Waals surface area (Å²) < 4.78 is 0.884. The number of rotatable bonds is 3. The lowest BCUT2D eigenvalue weighted by Gasteiger charge is -2.00. The minimum Gasteiger partial charge on any atom is -0.369 e. The van der Waals surface area contributed by atoms with Crippen LogP contribution in [-0.2, 0) is 0 Å². The molecule has 3 N–H and O–H groups in total. The van der Waals surface area contributed by atoms with Crippen LogP contribution in [-0.4, -0.2) is 23.1 Å². The Balaban J connectivity index is 0.000000181. The van der Waals surface area contributed by atoms with E-state index in [0.717, 1.165) is 17.0 Å². The van der Waals surface area contributed by atoms with E-state index < -0.39 is 0 Å². The predicted molar refractivity (Wildman–Crippen MR) is 73.7 cm³/mol. The number of hydrogen-bond acceptors (Lipinski definition) is 4. The van der Waals surface area contributed by atoms with Crippen LogP contribution in [0.2, 0.25) is 0 Å². The molecule has 0 spiro atoms. The molecule has 0 bridgehead atoms. The molecule has 0 atom stereocenters. The van der Waals surface area contributed by atoms with Crippen LogP contribution in [0.25, 0.3) is 0 Å². The number of hydrogen-bond donors (Lipinski definition) is 2. The van der Waals surface area contributed by atoms with Crippen LogP contribution in [0.4, 0.5) is 5.82 Å². The number of nitrogens with zero attached hydrogens (tertiary/aromatic N) is 2. The molecule has 4 nitrogen and oxygen atoms in total. The second-order valence-electron chi connectivity index (χ2n) is 3.08. The maximum Gasteiger partial charge on any atom is 0.125 e. The molecular weight excluding hydrogens is 280 g/mol. The van der Waals surface area contributed by atoms with Crippen molar-refractivity contribution in [2.24, 2.45) is 5.73 Å². The third-order valence-electron chi connectivity index (χ3n) is 1.74. The molecule has 0 aromatic carbocycles. The smallest absolute Gasteiger partial charge is 0.125 e. The molecule has 90 valence electrons. The lowest BCUT2D eigenvalue weighted by atomic mass is 10.4. The fourth-order valence-electron chi connectivity index (χ4n) is 1.01. The lowest BCUT2D eigenvalue weighted by molar-refractivity contribution is 1.01. The van der Waals surface area contributed by atoms with Crippen molar-refractivity contribution in [2.45, 2.75) is 0 Å². The SMILES string of the molecule is Brc1ccccn1.NCCNc1ccccn1. The van der Waals surface area contributed by atoms with Crippen molar-refractivity contribution in [1.29, 1.82) is 0 Å². The highest BCUT2D eigenvalue weighted by Crippen LogP contribution is 2.00. The highest BCUT2D eigenvalue weighted by molar-refractivity contribution is 9.10. The summed E-state index contributed by atoms with van der Waals surface area (Å²) in [5, 5.41) is 3.06. The van der Waals surface area contributed by atoms with Crippen molar-refractivity contribution in [1.82, 2.24) is 9.97 Å². The topological polar surface area (TPSA) is 63.8 Å². The monoisotopic (exact) mass is 294 g/mol. The van der Waals surface area contributed by atoms with Crippen LogP contribution in [0.5, 0.6) is 0 Å². The van der Waals surface area contributed by atoms with Crippen molar-refractivity contribution in [3.05, 3.63) is 53.4 Å². The van der Waals surface area contributed by atoms with Crippen molar-refractivity contribution >= 4 is 21.7 Å². The highest BCUT2D eigenvalue weighted by Gasteiger charge is 1.85. The summed E-state index contributed by atoms with van der Waals surface area (Å²) in [6, 6.07) is 11.4. The van der Waals surface area contributed by atoms with Crippen LogP contribution in [0.3, 0.4) is 0 Å². The van der Waals surface area contributed by atoms with Gasteiger partial charge >= 0.3 is 0 Å². The Kier molecular flexibility index (Phi) is 6.93. The normalized spacial score (nSPS) is 9.06. The van der Waals surface area contributed by atoms with E-state index in [1.807, 2.05) is 36.4 Å². The third-order valence-corrected chi connectivity index (χ3v) is 2.21. The third kappa shape index (κ3) is 6.65. The molecule has 2 heterocycles. The summed E-state index contributed by atoms with van der Waals surface area (Å²) in [5.41, 5.74) is 5.29. The molecule has 0 fully saturated rings. The summed E-state index contributed by atoms with van der Waals surface area (Å²) in [6.45, 7) is 1.41. The maximum atomic E-state index is 5.29. The largest absolute Gasteiger partial charge is 0.369 e. The Bertz CT molecular complexity index is 394. The standard InChI is InChI=1S/C7H11N3.C5H4BrN/c8-4-6-10-7-3-1-2-5-9-7;6-5-3-1-2-4-7-5/h1-3,5H,4,6,8H2,(H,9,10);1-4H. The number of nitrogens with one attached hydrogen (secondary N) is 1. The Hall–Kier alpha value is -1.46. The molecule has 0 unspecified atom stereocenters. The minimum atomic E-state index is 0.635. The molecular formula is C12H15BrN4. The van der Waals surface area contributed by atoms with Gasteiger partial charge in [-0.25, -0.2) is 9.97 Å². The first-order valence-corrected chi connectivity index (χ1v) is 6.03. The van der Waals surface area contributed by atoms with Gasteiger partial charge in [0, 0.05) is 25.5 Å². The number of nitrogens with two attached hydrogens (primary N) is 1. The number of aromatic nitrogens is 2. The molecule has 2 aromatic rings. The number of pyridine rings is 2. The summed E-state index contributed by atoms with van der Waals surface area (Å²) in [5.74, 6) is 0.882. The first-order valence-electron chi connectivity index (χ1n) is 5.24. The van der Waals surface area contributed by atoms with Crippen molar-refractivity contribution in [2.75, 3.05) is 18.4 Å². The van der Waals surface area contributed by atoms with Gasteiger partial charge in [-0.1, -0.05) is 12.1 Å². The van der Waals surface area contributed by atoms with E-state index in [-0.39, 0.29) is 0 Å². The van der Waals surface area contributed by atoms with Gasteiger partial charge in [-0.05, 0) is 40.2 Å². The Morgan fingerprint density at radius 1 is 1.06 bits per heavy atom. The molecule has 0 saturated carbocycles. The van der Waals surface area contributed by atoms with E-state index in [2.05, 4.69) is 31.2 Å². The molecule has 2 aromatic heterocycles. The van der Waals surface area contributed by atoms with E-state index in [4.69, 9.17) is 5.73 Å². The van der Waals surface area contributed by atoms with Gasteiger partial charge in [0.1, 0.15) is 10.4 Å². The van der Waals surface area contributed by atoms with Crippen molar-refractivity contribution in [3.63, 3.8) is 0 Å². The van der Waals surface area contributed by atoms with E-state index in [1.54, 1.807) is 12.4 Å². The van der Waals surface area contributed by atoms with Crippen LogP contribution in [0.15, 0.2) is 53.4 Å². The first-order chi connectivity index (χ1) is 8.33. The molecule has 0 aliphatic carbocycles. The van der Waals surface area contributed by atoms with Crippen LogP contribution >= 0.6 is 15.9 Å². The van der Waals surface area contributed by atoms with E-state index in [9.17, 15) is 0 Å². The molecule has 0 radical (unpaired) electrons. The summed E-state index contributed by atoms with van der Waals surface area (Å²) in [4.78, 5) is 7.95. The van der Waals surface area contributed by atoms with Gasteiger partial charge < -0.3 is 11.1 Å². The highest BCUT2D eigenvalue weighted by atomic mass is 79.9. The van der Waals surface area contributed by atoms with Crippen LogP contribution in [0.1, 0.15) is 0 Å². The zero-order chi connectivity index (χ0) is 12.3. The molecule has 2 rings (SSSR count). The van der Waals surface area contributed by atoms with Gasteiger partial charge in [-0.15, -0.1) is 0 Å². The lowest BCUT2D eigenvalue weighted by Crippen LogP contribution is -2.13. The number of anilines is 1. The quantitative estimate of drug-likeness (QED) is 0.853. The number of halogens is 1. The molecule has 0 saturated heterocycles. The average molecular weight is 295 g/mol. The van der Waals surface area contributed by atoms with E-state index in [0.29, 0.717) is 6.54 Å². The van der Waals surface area contributed by atoms with Gasteiger partial charge in [0.25, 0.3) is 0 Å². The molecule has 0 aliphatic rings. The second kappa shape index (κ2) is 8.66. The summed E-state index contributed by atoms with van der Waals surface area (Å²) in [6.07, 6.45) is 3.49. The van der Waals surface area contributed by atoms with Crippen molar-refractivity contribution < 1.29 is 0 Å². The average Bonchev–Trinajstić information content (AvgIpc) is 2.39. The molecule has 5 heteroatoms. The minimum absolute atomic E-state index is 0.635. The summed E-state index contributed by atoms with van der Waals surface area (Å²) in [7, 11) is 0. The predicted octanol–water partition coefficient (Wildman–Crippen LogP) is 2.30. The van der Waals surface area contributed by atoms with Gasteiger partial charge in [0.05, 0.1) is 0 Å². The van der Waals surface area contributed by atoms with E-state index in [1.165, 1.54) is 0 Å². The zero-order valence-corrected chi connectivity index (χ0v) is 11.0. The van der Waals surface area contributed by atoms with Crippen LogP contribution in [0, 0.1) is 0 Å². The zero-order valence-electron chi connectivity index (χ0n) is 9.38. The van der Waals surface area contributed by atoms with Gasteiger partial charge in [-0.3, -0.25) is 0 Å². The van der Waals surface area contributed by atoms with Gasteiger partial charge in [0.2, 0.25) is 0 Å². The molecule has 0 aliphatic heterocycles. The fourth-order valence-corrected chi connectivity index (χ4v) is 1.28. The Morgan fingerprint density at radius 2 is 1.76 bits per heavy atom. The van der Waals surface area contributed by atoms with Gasteiger partial charge in [-0.2, -0.15) is 0 Å².